The van der Waals surface area contributed by atoms with Gasteiger partial charge in [0.15, 0.2) is 0 Å². The Labute approximate surface area is 134 Å². The lowest BCUT2D eigenvalue weighted by Crippen LogP contribution is -2.41. The van der Waals surface area contributed by atoms with Crippen molar-refractivity contribution in [2.24, 2.45) is 0 Å². The van der Waals surface area contributed by atoms with E-state index in [1.54, 1.807) is 19.2 Å². The monoisotopic (exact) mass is 331 g/mol. The Morgan fingerprint density at radius 3 is 2.81 bits per heavy atom. The normalized spacial score (nSPS) is 20.5. The summed E-state index contributed by atoms with van der Waals surface area (Å²) >= 11 is 11.9. The van der Waals surface area contributed by atoms with E-state index in [1.165, 1.54) is 0 Å². The smallest absolute Gasteiger partial charge is 0.241 e. The first-order chi connectivity index (χ1) is 9.92. The molecule has 1 fully saturated rings. The number of rotatable bonds is 4. The highest BCUT2D eigenvalue weighted by Crippen LogP contribution is 2.32. The van der Waals surface area contributed by atoms with E-state index in [9.17, 15) is 4.79 Å². The van der Waals surface area contributed by atoms with Gasteiger partial charge in [0.25, 0.3) is 0 Å². The van der Waals surface area contributed by atoms with Crippen molar-refractivity contribution in [3.05, 3.63) is 22.2 Å². The molecule has 0 radical (unpaired) electrons. The van der Waals surface area contributed by atoms with E-state index >= 15 is 0 Å². The number of amides is 1. The fourth-order valence-corrected chi connectivity index (χ4v) is 2.97. The summed E-state index contributed by atoms with van der Waals surface area (Å²) in [6, 6.07) is 2.83. The molecule has 1 aromatic rings. The van der Waals surface area contributed by atoms with Crippen LogP contribution in [-0.4, -0.2) is 43.2 Å². The summed E-state index contributed by atoms with van der Waals surface area (Å²) in [5.41, 5.74) is 6.60. The fourth-order valence-electron chi connectivity index (χ4n) is 2.42. The molecule has 1 amide bonds. The van der Waals surface area contributed by atoms with Crippen LogP contribution in [0.25, 0.3) is 0 Å². The Hall–Kier alpha value is -1.01. The van der Waals surface area contributed by atoms with Crippen LogP contribution in [0, 0.1) is 0 Å². The molecule has 7 heteroatoms. The first-order valence-corrected chi connectivity index (χ1v) is 7.50. The third kappa shape index (κ3) is 3.80. The molecule has 2 unspecified atom stereocenters. The number of nitrogen functional groups attached to an aromatic ring is 1. The standard InChI is InChI=1S/C14H19Cl2N3O2/c1-8(19-4-3-10(7-19)21-2)14(20)18-13-11(16)5-9(15)6-12(13)17/h5-6,8,10H,3-4,7,17H2,1-2H3,(H,18,20). The van der Waals surface area contributed by atoms with Gasteiger partial charge < -0.3 is 15.8 Å². The number of carbonyl (C=O) groups excluding carboxylic acids is 1. The maximum atomic E-state index is 12.3. The zero-order valence-corrected chi connectivity index (χ0v) is 13.5. The Morgan fingerprint density at radius 2 is 2.24 bits per heavy atom. The molecular weight excluding hydrogens is 313 g/mol. The number of likely N-dealkylation sites (tertiary alicyclic amines) is 1. The van der Waals surface area contributed by atoms with Crippen LogP contribution < -0.4 is 11.1 Å². The van der Waals surface area contributed by atoms with Gasteiger partial charge in [0.05, 0.1) is 28.5 Å². The van der Waals surface area contributed by atoms with Crippen LogP contribution in [0.5, 0.6) is 0 Å². The number of hydrogen-bond acceptors (Lipinski definition) is 4. The molecule has 1 aliphatic rings. The van der Waals surface area contributed by atoms with E-state index in [0.29, 0.717) is 21.4 Å². The number of benzene rings is 1. The highest BCUT2D eigenvalue weighted by molar-refractivity contribution is 6.37. The average Bonchev–Trinajstić information content (AvgIpc) is 2.90. The van der Waals surface area contributed by atoms with Crippen LogP contribution in [-0.2, 0) is 9.53 Å². The Morgan fingerprint density at radius 1 is 1.52 bits per heavy atom. The minimum atomic E-state index is -0.281. The third-order valence-corrected chi connectivity index (χ3v) is 4.29. The molecule has 0 saturated carbocycles. The summed E-state index contributed by atoms with van der Waals surface area (Å²) in [5.74, 6) is -0.150. The number of nitrogens with one attached hydrogen (secondary N) is 1. The summed E-state index contributed by atoms with van der Waals surface area (Å²) in [6.45, 7) is 3.43. The fraction of sp³-hybridized carbons (Fsp3) is 0.500. The lowest BCUT2D eigenvalue weighted by atomic mass is 10.2. The minimum absolute atomic E-state index is 0.150. The predicted molar refractivity (Wildman–Crippen MR) is 86.0 cm³/mol. The van der Waals surface area contributed by atoms with Gasteiger partial charge in [0.2, 0.25) is 5.91 Å². The van der Waals surface area contributed by atoms with Crippen LogP contribution in [0.4, 0.5) is 11.4 Å². The van der Waals surface area contributed by atoms with E-state index in [-0.39, 0.29) is 18.1 Å². The SMILES string of the molecule is COC1CCN(C(C)C(=O)Nc2c(N)cc(Cl)cc2Cl)C1. The van der Waals surface area contributed by atoms with Crippen molar-refractivity contribution >= 4 is 40.5 Å². The summed E-state index contributed by atoms with van der Waals surface area (Å²) in [4.78, 5) is 14.4. The Balaban J connectivity index is 2.05. The van der Waals surface area contributed by atoms with Gasteiger partial charge in [-0.1, -0.05) is 23.2 Å². The lowest BCUT2D eigenvalue weighted by Gasteiger charge is -2.23. The minimum Gasteiger partial charge on any atom is -0.397 e. The van der Waals surface area contributed by atoms with Crippen LogP contribution in [0.15, 0.2) is 12.1 Å². The van der Waals surface area contributed by atoms with Crippen LogP contribution in [0.2, 0.25) is 10.0 Å². The molecule has 2 rings (SSSR count). The molecule has 1 aliphatic heterocycles. The van der Waals surface area contributed by atoms with Gasteiger partial charge in [0, 0.05) is 25.2 Å². The second kappa shape index (κ2) is 6.83. The van der Waals surface area contributed by atoms with E-state index in [4.69, 9.17) is 33.7 Å². The Bertz CT molecular complexity index is 516. The molecule has 116 valence electrons. The predicted octanol–water partition coefficient (Wildman–Crippen LogP) is 2.62. The van der Waals surface area contributed by atoms with Crippen molar-refractivity contribution in [1.82, 2.24) is 4.90 Å². The molecule has 1 aromatic carbocycles. The molecule has 0 aromatic heterocycles. The molecule has 2 atom stereocenters. The van der Waals surface area contributed by atoms with E-state index in [1.807, 2.05) is 6.92 Å². The molecule has 5 nitrogen and oxygen atoms in total. The summed E-state index contributed by atoms with van der Waals surface area (Å²) < 4.78 is 5.31. The highest BCUT2D eigenvalue weighted by Gasteiger charge is 2.29. The molecule has 0 spiro atoms. The largest absolute Gasteiger partial charge is 0.397 e. The van der Waals surface area contributed by atoms with Crippen molar-refractivity contribution in [1.29, 1.82) is 0 Å². The molecule has 3 N–H and O–H groups in total. The highest BCUT2D eigenvalue weighted by atomic mass is 35.5. The van der Waals surface area contributed by atoms with Gasteiger partial charge in [-0.2, -0.15) is 0 Å². The van der Waals surface area contributed by atoms with E-state index in [0.717, 1.165) is 19.5 Å². The van der Waals surface area contributed by atoms with Gasteiger partial charge in [-0.3, -0.25) is 9.69 Å². The van der Waals surface area contributed by atoms with Crippen LogP contribution in [0.1, 0.15) is 13.3 Å². The lowest BCUT2D eigenvalue weighted by molar-refractivity contribution is -0.120. The number of nitrogens with zero attached hydrogens (tertiary/aromatic N) is 1. The van der Waals surface area contributed by atoms with Gasteiger partial charge in [-0.05, 0) is 25.5 Å². The maximum Gasteiger partial charge on any atom is 0.241 e. The van der Waals surface area contributed by atoms with E-state index in [2.05, 4.69) is 10.2 Å². The molecule has 0 bridgehead atoms. The van der Waals surface area contributed by atoms with Crippen molar-refractivity contribution in [3.63, 3.8) is 0 Å². The summed E-state index contributed by atoms with van der Waals surface area (Å²) in [5, 5.41) is 3.54. The summed E-state index contributed by atoms with van der Waals surface area (Å²) in [7, 11) is 1.69. The summed E-state index contributed by atoms with van der Waals surface area (Å²) in [6.07, 6.45) is 1.11. The number of halogens is 2. The maximum absolute atomic E-state index is 12.3. The van der Waals surface area contributed by atoms with Crippen molar-refractivity contribution < 1.29 is 9.53 Å². The van der Waals surface area contributed by atoms with Gasteiger partial charge >= 0.3 is 0 Å². The number of methoxy groups -OCH3 is 1. The van der Waals surface area contributed by atoms with Crippen molar-refractivity contribution in [2.75, 3.05) is 31.2 Å². The molecule has 1 saturated heterocycles. The Kier molecular flexibility index (Phi) is 5.32. The topological polar surface area (TPSA) is 67.6 Å². The van der Waals surface area contributed by atoms with Gasteiger partial charge in [-0.15, -0.1) is 0 Å². The first-order valence-electron chi connectivity index (χ1n) is 6.74. The third-order valence-electron chi connectivity index (χ3n) is 3.77. The van der Waals surface area contributed by atoms with Crippen molar-refractivity contribution in [3.8, 4) is 0 Å². The molecule has 1 heterocycles. The molecular formula is C14H19Cl2N3O2. The molecule has 0 aliphatic carbocycles. The van der Waals surface area contributed by atoms with Crippen molar-refractivity contribution in [2.45, 2.75) is 25.5 Å². The number of nitrogens with two attached hydrogens (primary N) is 1. The first kappa shape index (κ1) is 16.4. The van der Waals surface area contributed by atoms with Gasteiger partial charge in [0.1, 0.15) is 0 Å². The zero-order chi connectivity index (χ0) is 15.6. The number of hydrogen-bond donors (Lipinski definition) is 2. The quantitative estimate of drug-likeness (QED) is 0.832. The van der Waals surface area contributed by atoms with Crippen LogP contribution >= 0.6 is 23.2 Å². The number of ether oxygens (including phenoxy) is 1. The zero-order valence-electron chi connectivity index (χ0n) is 12.0. The molecule has 21 heavy (non-hydrogen) atoms. The second-order valence-corrected chi connectivity index (χ2v) is 6.00. The average molecular weight is 332 g/mol. The second-order valence-electron chi connectivity index (χ2n) is 5.16. The van der Waals surface area contributed by atoms with Crippen LogP contribution in [0.3, 0.4) is 0 Å². The number of carbonyl (C=O) groups is 1. The van der Waals surface area contributed by atoms with E-state index < -0.39 is 0 Å². The van der Waals surface area contributed by atoms with Gasteiger partial charge in [-0.25, -0.2) is 0 Å². The number of anilines is 2.